The van der Waals surface area contributed by atoms with Crippen LogP contribution in [0.15, 0.2) is 0 Å². The molecule has 2 saturated heterocycles. The second-order valence-corrected chi connectivity index (χ2v) is 8.95. The molecule has 3 saturated carbocycles. The van der Waals surface area contributed by atoms with Crippen molar-refractivity contribution < 1.29 is 24.2 Å². The fourth-order valence-corrected chi connectivity index (χ4v) is 8.47. The van der Waals surface area contributed by atoms with E-state index in [-0.39, 0.29) is 40.8 Å². The Balaban J connectivity index is 1.70. The first kappa shape index (κ1) is 16.1. The van der Waals surface area contributed by atoms with E-state index in [1.54, 1.807) is 0 Å². The predicted octanol–water partition coefficient (Wildman–Crippen LogP) is 0.962. The minimum atomic E-state index is -0.693. The lowest BCUT2D eigenvalue weighted by molar-refractivity contribution is -0.252. The number of ether oxygens (including phenoxy) is 2. The van der Waals surface area contributed by atoms with Crippen LogP contribution in [0, 0.1) is 28.6 Å². The van der Waals surface area contributed by atoms with Crippen LogP contribution >= 0.6 is 0 Å². The van der Waals surface area contributed by atoms with E-state index in [1.165, 1.54) is 14.0 Å². The van der Waals surface area contributed by atoms with Crippen LogP contribution in [0.4, 0.5) is 0 Å². The number of fused-ring (bicyclic) bond motifs is 1. The first-order valence-electron chi connectivity index (χ1n) is 9.56. The Hall–Kier alpha value is -1.14. The van der Waals surface area contributed by atoms with Gasteiger partial charge in [-0.05, 0) is 31.7 Å². The number of esters is 2. The zero-order valence-electron chi connectivity index (χ0n) is 15.2. The zero-order chi connectivity index (χ0) is 17.8. The van der Waals surface area contributed by atoms with E-state index in [0.29, 0.717) is 18.9 Å². The molecule has 6 nitrogen and oxygen atoms in total. The number of methoxy groups -OCH3 is 1. The van der Waals surface area contributed by atoms with E-state index >= 15 is 0 Å². The number of β-amino-alcohol motifs (C(OH)–C–C–N with tert-alkyl or cyclic N) is 1. The maximum Gasteiger partial charge on any atom is 0.313 e. The summed E-state index contributed by atoms with van der Waals surface area (Å²) < 4.78 is 11.0. The molecule has 0 amide bonds. The van der Waals surface area contributed by atoms with E-state index in [0.717, 1.165) is 25.8 Å². The highest BCUT2D eigenvalue weighted by atomic mass is 16.5. The number of carbonyl (C=O) groups is 2. The molecule has 0 aromatic carbocycles. The summed E-state index contributed by atoms with van der Waals surface area (Å²) in [6.07, 6.45) is 2.85. The Bertz CT molecular complexity index is 666. The maximum atomic E-state index is 13.0. The standard InChI is InChI=1S/C19H27NO5/c1-10-7-18-12-5-4-6-20(18)9-13(22)15-17(16(23)24-3,19(10,15)18)8-14(12)25-11(2)21/h10,12-15,22H,4-9H2,1-3H3/t10?,12-,13-,14-,15?,17?,18+,19-/m1/s1. The second-order valence-electron chi connectivity index (χ2n) is 8.95. The number of rotatable bonds is 2. The Morgan fingerprint density at radius 1 is 1.28 bits per heavy atom. The molecule has 3 unspecified atom stereocenters. The van der Waals surface area contributed by atoms with Crippen molar-refractivity contribution in [2.45, 2.75) is 57.3 Å². The Kier molecular flexibility index (Phi) is 2.94. The fraction of sp³-hybridized carbons (Fsp3) is 0.895. The van der Waals surface area contributed by atoms with E-state index in [4.69, 9.17) is 9.47 Å². The number of piperidine rings is 2. The van der Waals surface area contributed by atoms with Gasteiger partial charge in [0, 0.05) is 42.7 Å². The van der Waals surface area contributed by atoms with Gasteiger partial charge in [0.1, 0.15) is 6.10 Å². The fourth-order valence-electron chi connectivity index (χ4n) is 8.47. The molecule has 6 heteroatoms. The third-order valence-corrected chi connectivity index (χ3v) is 8.54. The highest BCUT2D eigenvalue weighted by molar-refractivity contribution is 5.86. The van der Waals surface area contributed by atoms with Crippen molar-refractivity contribution >= 4 is 11.9 Å². The summed E-state index contributed by atoms with van der Waals surface area (Å²) in [6.45, 7) is 5.25. The van der Waals surface area contributed by atoms with Gasteiger partial charge in [0.15, 0.2) is 0 Å². The third kappa shape index (κ3) is 1.38. The minimum absolute atomic E-state index is 0.0615. The molecule has 5 aliphatic rings. The molecule has 138 valence electrons. The molecule has 8 atom stereocenters. The summed E-state index contributed by atoms with van der Waals surface area (Å²) in [7, 11) is 1.44. The highest BCUT2D eigenvalue weighted by Gasteiger charge is 2.99. The average molecular weight is 349 g/mol. The van der Waals surface area contributed by atoms with Crippen molar-refractivity contribution in [2.24, 2.45) is 28.6 Å². The van der Waals surface area contributed by atoms with Crippen molar-refractivity contribution in [2.75, 3.05) is 20.2 Å². The molecular formula is C19H27NO5. The summed E-state index contributed by atoms with van der Waals surface area (Å²) in [5, 5.41) is 10.9. The van der Waals surface area contributed by atoms with Crippen LogP contribution < -0.4 is 0 Å². The number of aliphatic hydroxyl groups excluding tert-OH is 1. The van der Waals surface area contributed by atoms with Crippen LogP contribution in [0.25, 0.3) is 0 Å². The van der Waals surface area contributed by atoms with Crippen molar-refractivity contribution in [1.82, 2.24) is 4.90 Å². The van der Waals surface area contributed by atoms with Crippen molar-refractivity contribution in [3.8, 4) is 0 Å². The lowest BCUT2D eigenvalue weighted by atomic mass is 9.42. The third-order valence-electron chi connectivity index (χ3n) is 8.54. The SMILES string of the molecule is COC(=O)C12C[C@@H](OC(C)=O)[C@H]3CCCN4C[C@@H](O)C1[C@]21C(C)C[C@@]341. The molecule has 5 rings (SSSR count). The molecule has 25 heavy (non-hydrogen) atoms. The maximum absolute atomic E-state index is 13.0. The molecule has 2 spiro atoms. The monoisotopic (exact) mass is 349 g/mol. The van der Waals surface area contributed by atoms with E-state index in [2.05, 4.69) is 11.8 Å². The summed E-state index contributed by atoms with van der Waals surface area (Å²) in [6, 6.07) is 0. The van der Waals surface area contributed by atoms with Crippen LogP contribution in [-0.4, -0.2) is 59.9 Å². The second kappa shape index (κ2) is 4.58. The topological polar surface area (TPSA) is 76.1 Å². The molecule has 2 aliphatic heterocycles. The van der Waals surface area contributed by atoms with Crippen molar-refractivity contribution in [3.05, 3.63) is 0 Å². The molecule has 0 aromatic rings. The van der Waals surface area contributed by atoms with Gasteiger partial charge in [0.2, 0.25) is 0 Å². The smallest absolute Gasteiger partial charge is 0.313 e. The quantitative estimate of drug-likeness (QED) is 0.749. The molecule has 0 aromatic heterocycles. The van der Waals surface area contributed by atoms with Crippen molar-refractivity contribution in [1.29, 1.82) is 0 Å². The van der Waals surface area contributed by atoms with E-state index in [9.17, 15) is 14.7 Å². The Morgan fingerprint density at radius 3 is 2.68 bits per heavy atom. The lowest BCUT2D eigenvalue weighted by Crippen LogP contribution is -2.79. The normalized spacial score (nSPS) is 55.3. The van der Waals surface area contributed by atoms with Crippen LogP contribution in [0.5, 0.6) is 0 Å². The number of aliphatic hydroxyl groups is 1. The first-order valence-corrected chi connectivity index (χ1v) is 9.56. The van der Waals surface area contributed by atoms with Crippen LogP contribution in [0.3, 0.4) is 0 Å². The van der Waals surface area contributed by atoms with Gasteiger partial charge in [-0.2, -0.15) is 0 Å². The minimum Gasteiger partial charge on any atom is -0.469 e. The van der Waals surface area contributed by atoms with Gasteiger partial charge in [-0.15, -0.1) is 0 Å². The van der Waals surface area contributed by atoms with Crippen molar-refractivity contribution in [3.63, 3.8) is 0 Å². The van der Waals surface area contributed by atoms with E-state index in [1.807, 2.05) is 0 Å². The molecule has 5 fully saturated rings. The van der Waals surface area contributed by atoms with Gasteiger partial charge < -0.3 is 14.6 Å². The number of hydrogen-bond donors (Lipinski definition) is 1. The van der Waals surface area contributed by atoms with Gasteiger partial charge in [-0.1, -0.05) is 6.92 Å². The highest BCUT2D eigenvalue weighted by Crippen LogP contribution is 2.92. The summed E-state index contributed by atoms with van der Waals surface area (Å²) >= 11 is 0. The number of hydrogen-bond acceptors (Lipinski definition) is 6. The van der Waals surface area contributed by atoms with Crippen LogP contribution in [-0.2, 0) is 19.1 Å². The van der Waals surface area contributed by atoms with Gasteiger partial charge >= 0.3 is 11.9 Å². The largest absolute Gasteiger partial charge is 0.469 e. The zero-order valence-corrected chi connectivity index (χ0v) is 15.2. The van der Waals surface area contributed by atoms with Gasteiger partial charge in [0.25, 0.3) is 0 Å². The summed E-state index contributed by atoms with van der Waals surface area (Å²) in [4.78, 5) is 27.2. The van der Waals surface area contributed by atoms with Crippen LogP contribution in [0.1, 0.15) is 39.5 Å². The Labute approximate surface area is 147 Å². The molecule has 2 heterocycles. The van der Waals surface area contributed by atoms with Gasteiger partial charge in [0.05, 0.1) is 18.6 Å². The predicted molar refractivity (Wildman–Crippen MR) is 87.4 cm³/mol. The van der Waals surface area contributed by atoms with Crippen LogP contribution in [0.2, 0.25) is 0 Å². The molecular weight excluding hydrogens is 322 g/mol. The molecule has 3 aliphatic carbocycles. The number of nitrogens with zero attached hydrogens (tertiary/aromatic N) is 1. The van der Waals surface area contributed by atoms with Gasteiger partial charge in [-0.25, -0.2) is 0 Å². The average Bonchev–Trinajstić information content (AvgIpc) is 3.22. The molecule has 0 bridgehead atoms. The first-order chi connectivity index (χ1) is 11.9. The van der Waals surface area contributed by atoms with E-state index < -0.39 is 11.5 Å². The van der Waals surface area contributed by atoms with Gasteiger partial charge in [-0.3, -0.25) is 14.5 Å². The molecule has 0 radical (unpaired) electrons. The Morgan fingerprint density at radius 2 is 2.04 bits per heavy atom. The summed E-state index contributed by atoms with van der Waals surface area (Å²) in [5.41, 5.74) is -1.00. The lowest BCUT2D eigenvalue weighted by Gasteiger charge is -2.72. The molecule has 1 N–H and O–H groups in total. The number of carbonyl (C=O) groups excluding carboxylic acids is 2. The summed E-state index contributed by atoms with van der Waals surface area (Å²) in [5.74, 6) is 0.0813.